The highest BCUT2D eigenvalue weighted by molar-refractivity contribution is 5.27. The van der Waals surface area contributed by atoms with Gasteiger partial charge >= 0.3 is 12.4 Å². The van der Waals surface area contributed by atoms with Gasteiger partial charge in [-0.2, -0.15) is 26.3 Å². The third-order valence-electron chi connectivity index (χ3n) is 2.31. The lowest BCUT2D eigenvalue weighted by atomic mass is 10.0. The highest BCUT2D eigenvalue weighted by atomic mass is 19.4. The van der Waals surface area contributed by atoms with Crippen LogP contribution in [0, 0.1) is 0 Å². The maximum atomic E-state index is 12.6. The summed E-state index contributed by atoms with van der Waals surface area (Å²) < 4.78 is 74.7. The Labute approximate surface area is 99.8 Å². The Hall–Kier alpha value is -1.24. The van der Waals surface area contributed by atoms with Crippen molar-refractivity contribution in [3.05, 3.63) is 35.4 Å². The molecule has 0 amide bonds. The number of halogens is 6. The van der Waals surface area contributed by atoms with Crippen LogP contribution in [0.5, 0.6) is 0 Å². The average Bonchev–Trinajstić information content (AvgIpc) is 2.23. The summed E-state index contributed by atoms with van der Waals surface area (Å²) in [6, 6.07) is 1.01. The van der Waals surface area contributed by atoms with Crippen LogP contribution in [0.15, 0.2) is 24.3 Å². The molecule has 1 nitrogen and oxygen atoms in total. The van der Waals surface area contributed by atoms with E-state index < -0.39 is 24.0 Å². The van der Waals surface area contributed by atoms with Crippen molar-refractivity contribution in [2.45, 2.75) is 25.3 Å². The third-order valence-corrected chi connectivity index (χ3v) is 2.31. The van der Waals surface area contributed by atoms with Crippen LogP contribution in [0.3, 0.4) is 0 Å². The molecule has 1 atom stereocenters. The standard InChI is InChI=1S/C11H11F6N/c1-2-18-9(11(15,16)17)7-3-5-8(6-4-7)10(12,13)14/h3-6,9,18H,2H2,1H3. The number of hydrogen-bond donors (Lipinski definition) is 1. The van der Waals surface area contributed by atoms with Crippen molar-refractivity contribution in [1.29, 1.82) is 0 Å². The van der Waals surface area contributed by atoms with Crippen molar-refractivity contribution in [3.63, 3.8) is 0 Å². The predicted octanol–water partition coefficient (Wildman–Crippen LogP) is 3.92. The van der Waals surface area contributed by atoms with E-state index in [1.54, 1.807) is 0 Å². The molecule has 0 saturated heterocycles. The number of nitrogens with one attached hydrogen (secondary N) is 1. The summed E-state index contributed by atoms with van der Waals surface area (Å²) >= 11 is 0. The van der Waals surface area contributed by atoms with Crippen molar-refractivity contribution < 1.29 is 26.3 Å². The van der Waals surface area contributed by atoms with E-state index in [0.29, 0.717) is 12.1 Å². The Balaban J connectivity index is 3.02. The number of alkyl halides is 6. The average molecular weight is 271 g/mol. The van der Waals surface area contributed by atoms with Gasteiger partial charge in [0.2, 0.25) is 0 Å². The molecule has 0 aliphatic rings. The SMILES string of the molecule is CCNC(c1ccc(C(F)(F)F)cc1)C(F)(F)F. The molecule has 1 aromatic rings. The zero-order valence-electron chi connectivity index (χ0n) is 9.36. The topological polar surface area (TPSA) is 12.0 Å². The molecule has 1 N–H and O–H groups in total. The van der Waals surface area contributed by atoms with Crippen LogP contribution >= 0.6 is 0 Å². The lowest BCUT2D eigenvalue weighted by Gasteiger charge is -2.21. The minimum atomic E-state index is -4.55. The number of benzene rings is 1. The number of hydrogen-bond acceptors (Lipinski definition) is 1. The van der Waals surface area contributed by atoms with Gasteiger partial charge < -0.3 is 5.32 Å². The van der Waals surface area contributed by atoms with Gasteiger partial charge in [-0.3, -0.25) is 0 Å². The fourth-order valence-corrected chi connectivity index (χ4v) is 1.49. The van der Waals surface area contributed by atoms with Gasteiger partial charge in [-0.05, 0) is 24.2 Å². The Bertz CT molecular complexity index is 378. The Kier molecular flexibility index (Phi) is 4.26. The van der Waals surface area contributed by atoms with E-state index in [0.717, 1.165) is 12.1 Å². The van der Waals surface area contributed by atoms with Gasteiger partial charge in [-0.15, -0.1) is 0 Å². The van der Waals surface area contributed by atoms with Gasteiger partial charge in [0.25, 0.3) is 0 Å². The molecule has 0 aliphatic heterocycles. The summed E-state index contributed by atoms with van der Waals surface area (Å²) in [6.07, 6.45) is -9.10. The van der Waals surface area contributed by atoms with E-state index >= 15 is 0 Å². The van der Waals surface area contributed by atoms with Crippen LogP contribution < -0.4 is 5.32 Å². The van der Waals surface area contributed by atoms with Crippen LogP contribution in [0.1, 0.15) is 24.1 Å². The molecule has 0 radical (unpaired) electrons. The van der Waals surface area contributed by atoms with Gasteiger partial charge in [0, 0.05) is 0 Å². The van der Waals surface area contributed by atoms with E-state index in [9.17, 15) is 26.3 Å². The van der Waals surface area contributed by atoms with E-state index in [1.807, 2.05) is 0 Å². The molecule has 1 unspecified atom stereocenters. The quantitative estimate of drug-likeness (QED) is 0.822. The van der Waals surface area contributed by atoms with E-state index in [4.69, 9.17) is 0 Å². The highest BCUT2D eigenvalue weighted by Gasteiger charge is 2.40. The van der Waals surface area contributed by atoms with Crippen molar-refractivity contribution in [3.8, 4) is 0 Å². The first-order valence-electron chi connectivity index (χ1n) is 5.13. The molecule has 0 bridgehead atoms. The molecule has 0 heterocycles. The van der Waals surface area contributed by atoms with Crippen LogP contribution in [0.4, 0.5) is 26.3 Å². The van der Waals surface area contributed by atoms with Gasteiger partial charge in [0.1, 0.15) is 6.04 Å². The smallest absolute Gasteiger partial charge is 0.303 e. The molecule has 1 aromatic carbocycles. The molecule has 18 heavy (non-hydrogen) atoms. The lowest BCUT2D eigenvalue weighted by Crippen LogP contribution is -2.34. The predicted molar refractivity (Wildman–Crippen MR) is 53.9 cm³/mol. The van der Waals surface area contributed by atoms with E-state index in [-0.39, 0.29) is 12.1 Å². The molecule has 0 aromatic heterocycles. The summed E-state index contributed by atoms with van der Waals surface area (Å²) in [5.41, 5.74) is -1.21. The minimum Gasteiger partial charge on any atom is -0.303 e. The maximum Gasteiger partial charge on any atom is 0.416 e. The highest BCUT2D eigenvalue weighted by Crippen LogP contribution is 2.34. The Morgan fingerprint density at radius 1 is 1.00 bits per heavy atom. The first-order valence-corrected chi connectivity index (χ1v) is 5.13. The zero-order chi connectivity index (χ0) is 14.0. The molecule has 0 saturated carbocycles. The fourth-order valence-electron chi connectivity index (χ4n) is 1.49. The molecule has 7 heteroatoms. The van der Waals surface area contributed by atoms with E-state index in [2.05, 4.69) is 5.32 Å². The van der Waals surface area contributed by atoms with Crippen molar-refractivity contribution in [2.24, 2.45) is 0 Å². The summed E-state index contributed by atoms with van der Waals surface area (Å²) in [5.74, 6) is 0. The largest absolute Gasteiger partial charge is 0.416 e. The van der Waals surface area contributed by atoms with Gasteiger partial charge in [-0.1, -0.05) is 19.1 Å². The van der Waals surface area contributed by atoms with Crippen LogP contribution in [0.2, 0.25) is 0 Å². The minimum absolute atomic E-state index is 0.0607. The van der Waals surface area contributed by atoms with Crippen LogP contribution in [-0.4, -0.2) is 12.7 Å². The second-order valence-corrected chi connectivity index (χ2v) is 3.65. The summed E-state index contributed by atoms with van der Waals surface area (Å²) in [7, 11) is 0. The number of rotatable bonds is 3. The molecule has 0 fully saturated rings. The van der Waals surface area contributed by atoms with Gasteiger partial charge in [0.15, 0.2) is 0 Å². The second-order valence-electron chi connectivity index (χ2n) is 3.65. The molecule has 1 rings (SSSR count). The molecular formula is C11H11F6N. The lowest BCUT2D eigenvalue weighted by molar-refractivity contribution is -0.157. The monoisotopic (exact) mass is 271 g/mol. The first-order chi connectivity index (χ1) is 8.16. The summed E-state index contributed by atoms with van der Waals surface area (Å²) in [4.78, 5) is 0. The fraction of sp³-hybridized carbons (Fsp3) is 0.455. The normalized spacial score (nSPS) is 14.6. The maximum absolute atomic E-state index is 12.6. The zero-order valence-corrected chi connectivity index (χ0v) is 9.36. The third kappa shape index (κ3) is 3.63. The summed E-state index contributed by atoms with van der Waals surface area (Å²) in [6.45, 7) is 1.55. The Morgan fingerprint density at radius 3 is 1.83 bits per heavy atom. The molecule has 0 aliphatic carbocycles. The second kappa shape index (κ2) is 5.17. The van der Waals surface area contributed by atoms with Crippen molar-refractivity contribution in [2.75, 3.05) is 6.54 Å². The summed E-state index contributed by atoms with van der Waals surface area (Å²) in [5, 5.41) is 2.19. The molecule has 0 spiro atoms. The Morgan fingerprint density at radius 2 is 1.50 bits per heavy atom. The first kappa shape index (κ1) is 14.8. The van der Waals surface area contributed by atoms with E-state index in [1.165, 1.54) is 6.92 Å². The van der Waals surface area contributed by atoms with Crippen LogP contribution in [-0.2, 0) is 6.18 Å². The van der Waals surface area contributed by atoms with Gasteiger partial charge in [-0.25, -0.2) is 0 Å². The van der Waals surface area contributed by atoms with Crippen molar-refractivity contribution in [1.82, 2.24) is 5.32 Å². The molecule has 102 valence electrons. The van der Waals surface area contributed by atoms with Crippen molar-refractivity contribution >= 4 is 0 Å². The molecular weight excluding hydrogens is 260 g/mol. The van der Waals surface area contributed by atoms with Crippen LogP contribution in [0.25, 0.3) is 0 Å². The van der Waals surface area contributed by atoms with Gasteiger partial charge in [0.05, 0.1) is 5.56 Å².